The SMILES string of the molecule is CN(C)C(N)=O.[K+]. The van der Waals surface area contributed by atoms with E-state index in [1.54, 1.807) is 14.1 Å². The Morgan fingerprint density at radius 1 is 1.57 bits per heavy atom. The summed E-state index contributed by atoms with van der Waals surface area (Å²) < 4.78 is 0. The van der Waals surface area contributed by atoms with Gasteiger partial charge >= 0.3 is 57.4 Å². The van der Waals surface area contributed by atoms with Crippen LogP contribution in [0.25, 0.3) is 0 Å². The van der Waals surface area contributed by atoms with Gasteiger partial charge in [0.15, 0.2) is 0 Å². The topological polar surface area (TPSA) is 46.3 Å². The van der Waals surface area contributed by atoms with Gasteiger partial charge in [0.1, 0.15) is 0 Å². The number of primary amides is 1. The van der Waals surface area contributed by atoms with E-state index in [0.29, 0.717) is 0 Å². The summed E-state index contributed by atoms with van der Waals surface area (Å²) in [4.78, 5) is 11.2. The van der Waals surface area contributed by atoms with Crippen LogP contribution in [0.3, 0.4) is 0 Å². The van der Waals surface area contributed by atoms with Crippen LogP contribution < -0.4 is 57.1 Å². The fourth-order valence-electron chi connectivity index (χ4n) is 0. The molecule has 0 aromatic rings. The molecular formula is C3H8KN2O+. The predicted molar refractivity (Wildman–Crippen MR) is 23.3 cm³/mol. The Bertz CT molecular complexity index is 64.0. The summed E-state index contributed by atoms with van der Waals surface area (Å²) in [6.07, 6.45) is 0. The van der Waals surface area contributed by atoms with Crippen molar-refractivity contribution in [3.63, 3.8) is 0 Å². The molecule has 7 heavy (non-hydrogen) atoms. The molecule has 4 heteroatoms. The molecule has 0 aliphatic rings. The monoisotopic (exact) mass is 127 g/mol. The number of rotatable bonds is 0. The maximum atomic E-state index is 9.85. The van der Waals surface area contributed by atoms with Gasteiger partial charge in [0.2, 0.25) is 0 Å². The number of urea groups is 1. The molecule has 0 fully saturated rings. The largest absolute Gasteiger partial charge is 1.00 e. The minimum atomic E-state index is -0.407. The number of hydrogen-bond acceptors (Lipinski definition) is 1. The van der Waals surface area contributed by atoms with Crippen LogP contribution in [0.2, 0.25) is 0 Å². The number of nitrogens with zero attached hydrogens (tertiary/aromatic N) is 1. The zero-order valence-electron chi connectivity index (χ0n) is 4.93. The Morgan fingerprint density at radius 3 is 1.71 bits per heavy atom. The van der Waals surface area contributed by atoms with Crippen molar-refractivity contribution in [2.24, 2.45) is 5.73 Å². The van der Waals surface area contributed by atoms with Gasteiger partial charge in [-0.05, 0) is 0 Å². The first-order valence-corrected chi connectivity index (χ1v) is 1.61. The molecule has 0 aliphatic carbocycles. The minimum absolute atomic E-state index is 0. The molecule has 2 N–H and O–H groups in total. The molecule has 0 heterocycles. The minimum Gasteiger partial charge on any atom is -0.352 e. The molecule has 0 aromatic heterocycles. The molecule has 0 saturated heterocycles. The standard InChI is InChI=1S/C3H8N2O.K/c1-5(2)3(4)6;/h1-2H3,(H2,4,6);/q;+1. The fourth-order valence-corrected chi connectivity index (χ4v) is 0. The van der Waals surface area contributed by atoms with Gasteiger partial charge in [-0.1, -0.05) is 0 Å². The maximum absolute atomic E-state index is 9.85. The van der Waals surface area contributed by atoms with Crippen LogP contribution in [0.15, 0.2) is 0 Å². The maximum Gasteiger partial charge on any atom is 1.00 e. The Hall–Kier alpha value is 0.906. The first-order chi connectivity index (χ1) is 2.64. The third-order valence-electron chi connectivity index (χ3n) is 0.441. The van der Waals surface area contributed by atoms with Crippen LogP contribution in [0.5, 0.6) is 0 Å². The van der Waals surface area contributed by atoms with Crippen LogP contribution in [-0.4, -0.2) is 25.0 Å². The average Bonchev–Trinajstić information content (AvgIpc) is 1.36. The van der Waals surface area contributed by atoms with Gasteiger partial charge in [-0.2, -0.15) is 0 Å². The molecule has 0 radical (unpaired) electrons. The molecule has 0 saturated carbocycles. The first kappa shape index (κ1) is 10.8. The molecule has 0 atom stereocenters. The molecule has 0 aliphatic heterocycles. The number of nitrogens with two attached hydrogens (primary N) is 1. The van der Waals surface area contributed by atoms with Gasteiger partial charge < -0.3 is 10.6 Å². The van der Waals surface area contributed by atoms with E-state index in [9.17, 15) is 4.79 Å². The summed E-state index contributed by atoms with van der Waals surface area (Å²) in [6.45, 7) is 0. The van der Waals surface area contributed by atoms with E-state index >= 15 is 0 Å². The van der Waals surface area contributed by atoms with Crippen molar-refractivity contribution in [2.45, 2.75) is 0 Å². The van der Waals surface area contributed by atoms with E-state index in [4.69, 9.17) is 5.73 Å². The second-order valence-corrected chi connectivity index (χ2v) is 1.23. The van der Waals surface area contributed by atoms with Crippen molar-refractivity contribution in [3.05, 3.63) is 0 Å². The number of amides is 2. The van der Waals surface area contributed by atoms with Crippen LogP contribution in [0.1, 0.15) is 0 Å². The Kier molecular flexibility index (Phi) is 7.80. The smallest absolute Gasteiger partial charge is 0.352 e. The molecule has 0 spiro atoms. The van der Waals surface area contributed by atoms with Gasteiger partial charge in [-0.3, -0.25) is 0 Å². The van der Waals surface area contributed by atoms with E-state index in [2.05, 4.69) is 0 Å². The van der Waals surface area contributed by atoms with E-state index in [0.717, 1.165) is 0 Å². The quantitative estimate of drug-likeness (QED) is 0.339. The van der Waals surface area contributed by atoms with E-state index in [-0.39, 0.29) is 51.4 Å². The number of carbonyl (C=O) groups excluding carboxylic acids is 1. The van der Waals surface area contributed by atoms with Crippen molar-refractivity contribution in [1.82, 2.24) is 4.90 Å². The Labute approximate surface area is 85.7 Å². The summed E-state index contributed by atoms with van der Waals surface area (Å²) >= 11 is 0. The normalized spacial score (nSPS) is 6.57. The zero-order chi connectivity index (χ0) is 5.15. The van der Waals surface area contributed by atoms with E-state index in [1.165, 1.54) is 4.90 Å². The summed E-state index contributed by atoms with van der Waals surface area (Å²) in [7, 11) is 3.20. The molecule has 0 rings (SSSR count). The summed E-state index contributed by atoms with van der Waals surface area (Å²) in [5.74, 6) is 0. The third-order valence-corrected chi connectivity index (χ3v) is 0.441. The molecule has 0 aromatic carbocycles. The fraction of sp³-hybridized carbons (Fsp3) is 0.667. The summed E-state index contributed by atoms with van der Waals surface area (Å²) in [5, 5.41) is 0. The molecule has 3 nitrogen and oxygen atoms in total. The Morgan fingerprint density at radius 2 is 1.71 bits per heavy atom. The van der Waals surface area contributed by atoms with Gasteiger partial charge in [-0.25, -0.2) is 4.79 Å². The van der Waals surface area contributed by atoms with Crippen LogP contribution >= 0.6 is 0 Å². The zero-order valence-corrected chi connectivity index (χ0v) is 8.06. The second-order valence-electron chi connectivity index (χ2n) is 1.23. The number of carbonyl (C=O) groups is 1. The van der Waals surface area contributed by atoms with Crippen LogP contribution in [0, 0.1) is 0 Å². The summed E-state index contributed by atoms with van der Waals surface area (Å²) in [5.41, 5.74) is 4.72. The van der Waals surface area contributed by atoms with E-state index in [1.807, 2.05) is 0 Å². The van der Waals surface area contributed by atoms with Gasteiger partial charge in [0, 0.05) is 14.1 Å². The molecule has 0 unspecified atom stereocenters. The number of hydrogen-bond donors (Lipinski definition) is 1. The third kappa shape index (κ3) is 6.91. The first-order valence-electron chi connectivity index (χ1n) is 1.61. The van der Waals surface area contributed by atoms with Crippen molar-refractivity contribution in [2.75, 3.05) is 14.1 Å². The van der Waals surface area contributed by atoms with Crippen LogP contribution in [-0.2, 0) is 0 Å². The van der Waals surface area contributed by atoms with Gasteiger partial charge in [0.05, 0.1) is 0 Å². The molecule has 2 amide bonds. The van der Waals surface area contributed by atoms with Crippen molar-refractivity contribution < 1.29 is 56.2 Å². The second kappa shape index (κ2) is 5.05. The van der Waals surface area contributed by atoms with Crippen molar-refractivity contribution in [3.8, 4) is 0 Å². The van der Waals surface area contributed by atoms with E-state index < -0.39 is 6.03 Å². The van der Waals surface area contributed by atoms with Crippen LogP contribution in [0.4, 0.5) is 4.79 Å². The van der Waals surface area contributed by atoms with Crippen molar-refractivity contribution >= 4 is 6.03 Å². The van der Waals surface area contributed by atoms with Gasteiger partial charge in [0.25, 0.3) is 0 Å². The van der Waals surface area contributed by atoms with Gasteiger partial charge in [-0.15, -0.1) is 0 Å². The average molecular weight is 127 g/mol. The predicted octanol–water partition coefficient (Wildman–Crippen LogP) is -3.37. The summed E-state index contributed by atoms with van der Waals surface area (Å²) in [6, 6.07) is -0.407. The van der Waals surface area contributed by atoms with Crippen molar-refractivity contribution in [1.29, 1.82) is 0 Å². The Balaban J connectivity index is 0. The molecular weight excluding hydrogens is 119 g/mol. The molecule has 36 valence electrons. The molecule has 0 bridgehead atoms.